The predicted molar refractivity (Wildman–Crippen MR) is 204 cm³/mol. The van der Waals surface area contributed by atoms with Crippen molar-refractivity contribution in [3.63, 3.8) is 0 Å². The molecule has 2 atom stereocenters. The highest BCUT2D eigenvalue weighted by Crippen LogP contribution is 2.15. The zero-order valence-corrected chi connectivity index (χ0v) is 32.2. The molecule has 0 aliphatic carbocycles. The van der Waals surface area contributed by atoms with E-state index in [1.165, 1.54) is 141 Å². The molecular formula is C42H83NO5. The van der Waals surface area contributed by atoms with Gasteiger partial charge in [-0.3, -0.25) is 9.59 Å². The summed E-state index contributed by atoms with van der Waals surface area (Å²) in [6.45, 7) is 4.86. The number of aliphatic hydroxyl groups excluding tert-OH is 2. The number of esters is 1. The van der Waals surface area contributed by atoms with Crippen LogP contribution in [0.15, 0.2) is 0 Å². The standard InChI is InChI=1S/C42H83NO5/c1-3-5-7-9-11-13-14-15-16-20-24-28-32-36-42(47)48-37-33-29-25-21-17-19-23-27-31-35-41(46)43-39(38-44)40(45)34-30-26-22-18-12-10-8-6-4-2/h39-40,44-45H,3-38H2,1-2H3,(H,43,46). The SMILES string of the molecule is CCCCCCCCCCCCCCCC(=O)OCCCCCCCCCCCC(=O)NC(CO)C(O)CCCCCCCCCCC. The number of amides is 1. The summed E-state index contributed by atoms with van der Waals surface area (Å²) in [7, 11) is 0. The number of carbonyl (C=O) groups excluding carboxylic acids is 2. The largest absolute Gasteiger partial charge is 0.466 e. The maximum absolute atomic E-state index is 12.3. The molecule has 6 nitrogen and oxygen atoms in total. The highest BCUT2D eigenvalue weighted by atomic mass is 16.5. The van der Waals surface area contributed by atoms with Gasteiger partial charge in [0.05, 0.1) is 25.4 Å². The minimum Gasteiger partial charge on any atom is -0.466 e. The van der Waals surface area contributed by atoms with Crippen LogP contribution in [0.2, 0.25) is 0 Å². The Morgan fingerprint density at radius 3 is 1.27 bits per heavy atom. The quantitative estimate of drug-likeness (QED) is 0.0443. The zero-order valence-electron chi connectivity index (χ0n) is 32.2. The Morgan fingerprint density at radius 1 is 0.500 bits per heavy atom. The number of rotatable bonds is 39. The van der Waals surface area contributed by atoms with Crippen molar-refractivity contribution in [3.8, 4) is 0 Å². The van der Waals surface area contributed by atoms with E-state index in [0.717, 1.165) is 57.8 Å². The molecule has 1 amide bonds. The summed E-state index contributed by atoms with van der Waals surface area (Å²) in [6.07, 6.45) is 39.1. The van der Waals surface area contributed by atoms with Crippen molar-refractivity contribution < 1.29 is 24.5 Å². The van der Waals surface area contributed by atoms with Gasteiger partial charge in [0.1, 0.15) is 0 Å². The number of aliphatic hydroxyl groups is 2. The maximum atomic E-state index is 12.3. The smallest absolute Gasteiger partial charge is 0.305 e. The van der Waals surface area contributed by atoms with Crippen molar-refractivity contribution in [3.05, 3.63) is 0 Å². The number of hydrogen-bond donors (Lipinski definition) is 3. The van der Waals surface area contributed by atoms with Crippen molar-refractivity contribution in [2.75, 3.05) is 13.2 Å². The average molecular weight is 682 g/mol. The highest BCUT2D eigenvalue weighted by Gasteiger charge is 2.20. The Kier molecular flexibility index (Phi) is 37.7. The Labute approximate surface area is 298 Å². The lowest BCUT2D eigenvalue weighted by molar-refractivity contribution is -0.143. The van der Waals surface area contributed by atoms with Crippen LogP contribution in [0.3, 0.4) is 0 Å². The molecule has 0 spiro atoms. The van der Waals surface area contributed by atoms with E-state index in [4.69, 9.17) is 4.74 Å². The third-order valence-corrected chi connectivity index (χ3v) is 9.91. The molecule has 0 saturated carbocycles. The van der Waals surface area contributed by atoms with Crippen LogP contribution in [0.25, 0.3) is 0 Å². The lowest BCUT2D eigenvalue weighted by Gasteiger charge is -2.22. The zero-order chi connectivity index (χ0) is 35.2. The van der Waals surface area contributed by atoms with Crippen molar-refractivity contribution in [1.82, 2.24) is 5.32 Å². The second kappa shape index (κ2) is 38.7. The summed E-state index contributed by atoms with van der Waals surface area (Å²) in [5.41, 5.74) is 0. The second-order valence-corrected chi connectivity index (χ2v) is 14.7. The molecule has 0 saturated heterocycles. The minimum atomic E-state index is -0.676. The molecule has 6 heteroatoms. The van der Waals surface area contributed by atoms with Crippen LogP contribution < -0.4 is 5.32 Å². The molecule has 0 aromatic heterocycles. The predicted octanol–water partition coefficient (Wildman–Crippen LogP) is 11.7. The van der Waals surface area contributed by atoms with Crippen LogP contribution >= 0.6 is 0 Å². The normalized spacial score (nSPS) is 12.7. The van der Waals surface area contributed by atoms with Crippen LogP contribution in [0.4, 0.5) is 0 Å². The van der Waals surface area contributed by atoms with Crippen molar-refractivity contribution in [1.29, 1.82) is 0 Å². The van der Waals surface area contributed by atoms with E-state index < -0.39 is 12.1 Å². The second-order valence-electron chi connectivity index (χ2n) is 14.7. The van der Waals surface area contributed by atoms with Gasteiger partial charge in [0.2, 0.25) is 5.91 Å². The Morgan fingerprint density at radius 2 is 0.854 bits per heavy atom. The first-order valence-electron chi connectivity index (χ1n) is 21.3. The molecule has 0 fully saturated rings. The van der Waals surface area contributed by atoms with Crippen LogP contribution in [0.5, 0.6) is 0 Å². The Balaban J connectivity index is 3.47. The van der Waals surface area contributed by atoms with E-state index in [-0.39, 0.29) is 18.5 Å². The topological polar surface area (TPSA) is 95.9 Å². The van der Waals surface area contributed by atoms with Gasteiger partial charge in [-0.15, -0.1) is 0 Å². The van der Waals surface area contributed by atoms with Crippen LogP contribution in [0.1, 0.15) is 232 Å². The monoisotopic (exact) mass is 682 g/mol. The lowest BCUT2D eigenvalue weighted by atomic mass is 10.0. The first kappa shape index (κ1) is 46.9. The van der Waals surface area contributed by atoms with E-state index in [9.17, 15) is 19.8 Å². The summed E-state index contributed by atoms with van der Waals surface area (Å²) in [5, 5.41) is 23.0. The van der Waals surface area contributed by atoms with Crippen LogP contribution in [0, 0.1) is 0 Å². The molecule has 48 heavy (non-hydrogen) atoms. The molecule has 0 heterocycles. The Hall–Kier alpha value is -1.14. The van der Waals surface area contributed by atoms with Gasteiger partial charge >= 0.3 is 5.97 Å². The summed E-state index contributed by atoms with van der Waals surface area (Å²) < 4.78 is 5.43. The van der Waals surface area contributed by atoms with Gasteiger partial charge < -0.3 is 20.3 Å². The van der Waals surface area contributed by atoms with E-state index in [2.05, 4.69) is 19.2 Å². The summed E-state index contributed by atoms with van der Waals surface area (Å²) in [4.78, 5) is 24.3. The fourth-order valence-corrected chi connectivity index (χ4v) is 6.58. The molecule has 0 aliphatic rings. The van der Waals surface area contributed by atoms with Gasteiger partial charge in [0.25, 0.3) is 0 Å². The third kappa shape index (κ3) is 34.7. The van der Waals surface area contributed by atoms with Gasteiger partial charge in [-0.1, -0.05) is 194 Å². The molecule has 0 rings (SSSR count). The molecule has 286 valence electrons. The van der Waals surface area contributed by atoms with E-state index in [1.54, 1.807) is 0 Å². The molecular weight excluding hydrogens is 598 g/mol. The van der Waals surface area contributed by atoms with Crippen molar-refractivity contribution in [2.24, 2.45) is 0 Å². The van der Waals surface area contributed by atoms with Gasteiger partial charge in [-0.2, -0.15) is 0 Å². The van der Waals surface area contributed by atoms with Gasteiger partial charge in [-0.25, -0.2) is 0 Å². The number of nitrogens with one attached hydrogen (secondary N) is 1. The Bertz CT molecular complexity index is 672. The minimum absolute atomic E-state index is 0.0242. The van der Waals surface area contributed by atoms with Gasteiger partial charge in [0.15, 0.2) is 0 Å². The van der Waals surface area contributed by atoms with E-state index in [1.807, 2.05) is 0 Å². The van der Waals surface area contributed by atoms with Crippen molar-refractivity contribution >= 4 is 11.9 Å². The summed E-state index contributed by atoms with van der Waals surface area (Å²) in [5.74, 6) is -0.0888. The average Bonchev–Trinajstić information content (AvgIpc) is 3.08. The summed E-state index contributed by atoms with van der Waals surface area (Å²) in [6, 6.07) is -0.556. The number of ether oxygens (including phenoxy) is 1. The molecule has 0 aromatic rings. The first-order valence-corrected chi connectivity index (χ1v) is 21.3. The summed E-state index contributed by atoms with van der Waals surface area (Å²) >= 11 is 0. The maximum Gasteiger partial charge on any atom is 0.305 e. The molecule has 0 bridgehead atoms. The molecule has 3 N–H and O–H groups in total. The van der Waals surface area contributed by atoms with Crippen LogP contribution in [-0.2, 0) is 14.3 Å². The number of hydrogen-bond acceptors (Lipinski definition) is 5. The molecule has 2 unspecified atom stereocenters. The fraction of sp³-hybridized carbons (Fsp3) is 0.952. The van der Waals surface area contributed by atoms with Crippen LogP contribution in [-0.4, -0.2) is 47.4 Å². The van der Waals surface area contributed by atoms with Crippen molar-refractivity contribution in [2.45, 2.75) is 244 Å². The molecule has 0 radical (unpaired) electrons. The molecule has 0 aliphatic heterocycles. The molecule has 0 aromatic carbocycles. The third-order valence-electron chi connectivity index (χ3n) is 9.91. The number of carbonyl (C=O) groups is 2. The van der Waals surface area contributed by atoms with Gasteiger partial charge in [0, 0.05) is 12.8 Å². The highest BCUT2D eigenvalue weighted by molar-refractivity contribution is 5.76. The van der Waals surface area contributed by atoms with E-state index in [0.29, 0.717) is 25.9 Å². The fourth-order valence-electron chi connectivity index (χ4n) is 6.58. The lowest BCUT2D eigenvalue weighted by Crippen LogP contribution is -2.45. The first-order chi connectivity index (χ1) is 23.5. The number of unbranched alkanes of at least 4 members (excludes halogenated alkanes) is 28. The van der Waals surface area contributed by atoms with E-state index >= 15 is 0 Å². The van der Waals surface area contributed by atoms with Gasteiger partial charge in [-0.05, 0) is 25.7 Å².